The van der Waals surface area contributed by atoms with Crippen molar-refractivity contribution in [2.24, 2.45) is 0 Å². The lowest BCUT2D eigenvalue weighted by Gasteiger charge is -2.18. The number of hydrogen-bond donors (Lipinski definition) is 4. The second kappa shape index (κ2) is 5.79. The SMILES string of the molecule is CNCCC(O)C(O)c1c[nH]c(=O)c(C)c1. The maximum absolute atomic E-state index is 11.1. The van der Waals surface area contributed by atoms with Crippen molar-refractivity contribution in [3.63, 3.8) is 0 Å². The first-order valence-electron chi connectivity index (χ1n) is 5.26. The summed E-state index contributed by atoms with van der Waals surface area (Å²) in [7, 11) is 1.78. The highest BCUT2D eigenvalue weighted by Gasteiger charge is 2.18. The second-order valence-electron chi connectivity index (χ2n) is 3.85. The van der Waals surface area contributed by atoms with Crippen LogP contribution < -0.4 is 10.9 Å². The van der Waals surface area contributed by atoms with E-state index in [1.807, 2.05) is 0 Å². The van der Waals surface area contributed by atoms with Gasteiger partial charge < -0.3 is 20.5 Å². The van der Waals surface area contributed by atoms with E-state index in [0.717, 1.165) is 0 Å². The van der Waals surface area contributed by atoms with Crippen LogP contribution in [0.4, 0.5) is 0 Å². The van der Waals surface area contributed by atoms with Crippen LogP contribution in [0.3, 0.4) is 0 Å². The van der Waals surface area contributed by atoms with Gasteiger partial charge in [0.15, 0.2) is 0 Å². The molecule has 0 aromatic carbocycles. The Morgan fingerprint density at radius 3 is 2.75 bits per heavy atom. The van der Waals surface area contributed by atoms with Crippen LogP contribution in [0.15, 0.2) is 17.1 Å². The summed E-state index contributed by atoms with van der Waals surface area (Å²) in [6, 6.07) is 1.59. The molecule has 4 N–H and O–H groups in total. The van der Waals surface area contributed by atoms with Crippen LogP contribution in [0, 0.1) is 6.92 Å². The van der Waals surface area contributed by atoms with Crippen molar-refractivity contribution in [2.75, 3.05) is 13.6 Å². The molecule has 0 saturated carbocycles. The number of rotatable bonds is 5. The minimum absolute atomic E-state index is 0.180. The van der Waals surface area contributed by atoms with Crippen LogP contribution in [0.5, 0.6) is 0 Å². The zero-order valence-electron chi connectivity index (χ0n) is 9.53. The van der Waals surface area contributed by atoms with E-state index < -0.39 is 12.2 Å². The lowest BCUT2D eigenvalue weighted by molar-refractivity contribution is 0.0138. The zero-order chi connectivity index (χ0) is 12.1. The van der Waals surface area contributed by atoms with E-state index in [-0.39, 0.29) is 5.56 Å². The molecule has 5 nitrogen and oxygen atoms in total. The van der Waals surface area contributed by atoms with Gasteiger partial charge in [-0.25, -0.2) is 0 Å². The Kier molecular flexibility index (Phi) is 4.67. The molecule has 0 spiro atoms. The molecule has 90 valence electrons. The summed E-state index contributed by atoms with van der Waals surface area (Å²) in [5.41, 5.74) is 0.874. The van der Waals surface area contributed by atoms with Gasteiger partial charge in [-0.15, -0.1) is 0 Å². The van der Waals surface area contributed by atoms with Crippen molar-refractivity contribution in [3.8, 4) is 0 Å². The third-order valence-electron chi connectivity index (χ3n) is 2.51. The average Bonchev–Trinajstić information content (AvgIpc) is 2.28. The van der Waals surface area contributed by atoms with Gasteiger partial charge in [0.25, 0.3) is 5.56 Å². The van der Waals surface area contributed by atoms with Gasteiger partial charge in [0.1, 0.15) is 6.10 Å². The molecule has 0 amide bonds. The van der Waals surface area contributed by atoms with Crippen LogP contribution in [0.25, 0.3) is 0 Å². The fourth-order valence-electron chi connectivity index (χ4n) is 1.46. The Bertz CT molecular complexity index is 389. The van der Waals surface area contributed by atoms with Crippen LogP contribution in [-0.2, 0) is 0 Å². The van der Waals surface area contributed by atoms with E-state index in [9.17, 15) is 15.0 Å². The van der Waals surface area contributed by atoms with E-state index in [2.05, 4.69) is 10.3 Å². The van der Waals surface area contributed by atoms with Gasteiger partial charge >= 0.3 is 0 Å². The van der Waals surface area contributed by atoms with Gasteiger partial charge in [0.05, 0.1) is 6.10 Å². The predicted molar refractivity (Wildman–Crippen MR) is 61.3 cm³/mol. The van der Waals surface area contributed by atoms with Crippen molar-refractivity contribution >= 4 is 0 Å². The standard InChI is InChI=1S/C11H18N2O3/c1-7-5-8(6-13-11(7)16)10(15)9(14)3-4-12-2/h5-6,9-10,12,14-15H,3-4H2,1-2H3,(H,13,16). The molecule has 5 heteroatoms. The summed E-state index contributed by atoms with van der Waals surface area (Å²) >= 11 is 0. The molecule has 0 saturated heterocycles. The summed E-state index contributed by atoms with van der Waals surface area (Å²) < 4.78 is 0. The number of aliphatic hydroxyl groups is 2. The minimum Gasteiger partial charge on any atom is -0.390 e. The summed E-state index contributed by atoms with van der Waals surface area (Å²) in [6.45, 7) is 2.29. The Hall–Kier alpha value is -1.17. The Morgan fingerprint density at radius 1 is 1.50 bits per heavy atom. The largest absolute Gasteiger partial charge is 0.390 e. The second-order valence-corrected chi connectivity index (χ2v) is 3.85. The van der Waals surface area contributed by atoms with E-state index >= 15 is 0 Å². The van der Waals surface area contributed by atoms with Gasteiger partial charge in [0, 0.05) is 11.8 Å². The monoisotopic (exact) mass is 226 g/mol. The number of aliphatic hydroxyl groups excluding tert-OH is 2. The highest BCUT2D eigenvalue weighted by atomic mass is 16.3. The normalized spacial score (nSPS) is 14.8. The number of H-pyrrole nitrogens is 1. The molecule has 1 heterocycles. The van der Waals surface area contributed by atoms with E-state index in [1.165, 1.54) is 6.20 Å². The third kappa shape index (κ3) is 3.16. The first kappa shape index (κ1) is 12.9. The molecule has 0 aliphatic carbocycles. The lowest BCUT2D eigenvalue weighted by Crippen LogP contribution is -2.24. The van der Waals surface area contributed by atoms with Gasteiger partial charge in [-0.1, -0.05) is 0 Å². The van der Waals surface area contributed by atoms with Crippen LogP contribution in [-0.4, -0.2) is 34.9 Å². The number of aromatic nitrogens is 1. The fraction of sp³-hybridized carbons (Fsp3) is 0.545. The highest BCUT2D eigenvalue weighted by Crippen LogP contribution is 2.17. The van der Waals surface area contributed by atoms with E-state index in [1.54, 1.807) is 20.0 Å². The molecule has 0 fully saturated rings. The number of hydrogen-bond acceptors (Lipinski definition) is 4. The Morgan fingerprint density at radius 2 is 2.19 bits per heavy atom. The molecule has 1 rings (SSSR count). The van der Waals surface area contributed by atoms with Crippen LogP contribution >= 0.6 is 0 Å². The maximum Gasteiger partial charge on any atom is 0.250 e. The quantitative estimate of drug-likeness (QED) is 0.554. The number of nitrogens with one attached hydrogen (secondary N) is 2. The summed E-state index contributed by atoms with van der Waals surface area (Å²) in [5, 5.41) is 22.4. The molecule has 0 bridgehead atoms. The first-order chi connectivity index (χ1) is 7.56. The summed E-state index contributed by atoms with van der Waals surface area (Å²) in [4.78, 5) is 13.6. The molecule has 1 aromatic heterocycles. The molecule has 2 unspecified atom stereocenters. The lowest BCUT2D eigenvalue weighted by atomic mass is 10.0. The molecule has 0 aliphatic rings. The molecular weight excluding hydrogens is 208 g/mol. The van der Waals surface area contributed by atoms with Gasteiger partial charge in [-0.05, 0) is 38.6 Å². The third-order valence-corrected chi connectivity index (χ3v) is 2.51. The van der Waals surface area contributed by atoms with Crippen molar-refractivity contribution < 1.29 is 10.2 Å². The molecule has 2 atom stereocenters. The number of aryl methyl sites for hydroxylation is 1. The smallest absolute Gasteiger partial charge is 0.250 e. The van der Waals surface area contributed by atoms with Crippen LogP contribution in [0.1, 0.15) is 23.7 Å². The Balaban J connectivity index is 2.75. The molecule has 0 radical (unpaired) electrons. The van der Waals surface area contributed by atoms with Crippen molar-refractivity contribution in [1.82, 2.24) is 10.3 Å². The molecule has 1 aromatic rings. The molecular formula is C11H18N2O3. The predicted octanol–water partition coefficient (Wildman–Crippen LogP) is -0.313. The Labute approximate surface area is 94.1 Å². The maximum atomic E-state index is 11.1. The summed E-state index contributed by atoms with van der Waals surface area (Å²) in [6.07, 6.45) is 0.0833. The van der Waals surface area contributed by atoms with Crippen molar-refractivity contribution in [2.45, 2.75) is 25.6 Å². The number of pyridine rings is 1. The molecule has 16 heavy (non-hydrogen) atoms. The first-order valence-corrected chi connectivity index (χ1v) is 5.26. The van der Waals surface area contributed by atoms with E-state index in [0.29, 0.717) is 24.1 Å². The van der Waals surface area contributed by atoms with Crippen molar-refractivity contribution in [1.29, 1.82) is 0 Å². The molecule has 0 aliphatic heterocycles. The fourth-order valence-corrected chi connectivity index (χ4v) is 1.46. The highest BCUT2D eigenvalue weighted by molar-refractivity contribution is 5.19. The topological polar surface area (TPSA) is 85.3 Å². The minimum atomic E-state index is -0.969. The van der Waals surface area contributed by atoms with Crippen molar-refractivity contribution in [3.05, 3.63) is 33.7 Å². The average molecular weight is 226 g/mol. The van der Waals surface area contributed by atoms with Crippen LogP contribution in [0.2, 0.25) is 0 Å². The van der Waals surface area contributed by atoms with E-state index in [4.69, 9.17) is 0 Å². The summed E-state index contributed by atoms with van der Waals surface area (Å²) in [5.74, 6) is 0. The van der Waals surface area contributed by atoms with Gasteiger partial charge in [0.2, 0.25) is 0 Å². The zero-order valence-corrected chi connectivity index (χ0v) is 9.53. The number of aromatic amines is 1. The van der Waals surface area contributed by atoms with Gasteiger partial charge in [-0.2, -0.15) is 0 Å². The van der Waals surface area contributed by atoms with Gasteiger partial charge in [-0.3, -0.25) is 4.79 Å².